The van der Waals surface area contributed by atoms with Gasteiger partial charge in [-0.3, -0.25) is 4.79 Å². The number of sulfonamides is 1. The van der Waals surface area contributed by atoms with Crippen molar-refractivity contribution in [3.8, 4) is 11.5 Å². The molecule has 0 radical (unpaired) electrons. The summed E-state index contributed by atoms with van der Waals surface area (Å²) in [5.41, 5.74) is 2.32. The van der Waals surface area contributed by atoms with Gasteiger partial charge in [-0.15, -0.1) is 0 Å². The number of ether oxygens (including phenoxy) is 2. The lowest BCUT2D eigenvalue weighted by Gasteiger charge is -2.21. The number of imidazole rings is 1. The van der Waals surface area contributed by atoms with Crippen LogP contribution in [0.1, 0.15) is 24.7 Å². The zero-order valence-electron chi connectivity index (χ0n) is 19.0. The standard InChI is InChI=1S/C23H28N4O5S/c1-4-27-19-9-8-17(33(29,30)26(2)3)14-18(19)25-21(27)10-11-22(28)24-15-16-6-5-7-20-23(16)32-13-12-31-20/h5-9,14H,4,10-13,15H2,1-3H3,(H,24,28). The topological polar surface area (TPSA) is 103 Å². The van der Waals surface area contributed by atoms with Crippen molar-refractivity contribution in [3.05, 3.63) is 47.8 Å². The number of hydrogen-bond acceptors (Lipinski definition) is 6. The average molecular weight is 473 g/mol. The Balaban J connectivity index is 1.45. The van der Waals surface area contributed by atoms with Crippen molar-refractivity contribution in [1.29, 1.82) is 0 Å². The van der Waals surface area contributed by atoms with Gasteiger partial charge in [-0.2, -0.15) is 0 Å². The molecule has 2 aromatic carbocycles. The van der Waals surface area contributed by atoms with Gasteiger partial charge in [0.25, 0.3) is 0 Å². The number of nitrogens with zero attached hydrogens (tertiary/aromatic N) is 3. The maximum atomic E-state index is 12.5. The highest BCUT2D eigenvalue weighted by atomic mass is 32.2. The number of para-hydroxylation sites is 1. The fourth-order valence-electron chi connectivity index (χ4n) is 3.86. The van der Waals surface area contributed by atoms with Gasteiger partial charge in [-0.1, -0.05) is 12.1 Å². The summed E-state index contributed by atoms with van der Waals surface area (Å²) < 4.78 is 39.4. The minimum Gasteiger partial charge on any atom is -0.486 e. The predicted octanol–water partition coefficient (Wildman–Crippen LogP) is 2.33. The van der Waals surface area contributed by atoms with Gasteiger partial charge in [-0.25, -0.2) is 17.7 Å². The Morgan fingerprint density at radius 1 is 1.18 bits per heavy atom. The van der Waals surface area contributed by atoms with Crippen LogP contribution in [0.25, 0.3) is 11.0 Å². The summed E-state index contributed by atoms with van der Waals surface area (Å²) in [6.45, 7) is 4.02. The third kappa shape index (κ3) is 4.67. The van der Waals surface area contributed by atoms with Gasteiger partial charge in [0, 0.05) is 45.6 Å². The van der Waals surface area contributed by atoms with Crippen LogP contribution in [0.3, 0.4) is 0 Å². The van der Waals surface area contributed by atoms with E-state index in [1.807, 2.05) is 29.7 Å². The molecule has 2 heterocycles. The molecule has 0 saturated carbocycles. The van der Waals surface area contributed by atoms with Crippen LogP contribution in [0.5, 0.6) is 11.5 Å². The van der Waals surface area contributed by atoms with E-state index >= 15 is 0 Å². The average Bonchev–Trinajstić information content (AvgIpc) is 3.17. The predicted molar refractivity (Wildman–Crippen MR) is 124 cm³/mol. The van der Waals surface area contributed by atoms with E-state index in [-0.39, 0.29) is 17.2 Å². The fraction of sp³-hybridized carbons (Fsp3) is 0.391. The number of carbonyl (C=O) groups excluding carboxylic acids is 1. The van der Waals surface area contributed by atoms with E-state index in [0.717, 1.165) is 16.9 Å². The van der Waals surface area contributed by atoms with E-state index in [1.54, 1.807) is 18.2 Å². The van der Waals surface area contributed by atoms with Crippen molar-refractivity contribution in [2.24, 2.45) is 0 Å². The molecule has 0 atom stereocenters. The van der Waals surface area contributed by atoms with Gasteiger partial charge in [0.05, 0.1) is 15.9 Å². The second-order valence-electron chi connectivity index (χ2n) is 7.93. The third-order valence-electron chi connectivity index (χ3n) is 5.59. The SMILES string of the molecule is CCn1c(CCC(=O)NCc2cccc3c2OCCO3)nc2cc(S(=O)(=O)N(C)C)ccc21. The molecule has 33 heavy (non-hydrogen) atoms. The first-order chi connectivity index (χ1) is 15.8. The molecule has 3 aromatic rings. The minimum atomic E-state index is -3.54. The van der Waals surface area contributed by atoms with Crippen LogP contribution in [0, 0.1) is 0 Å². The van der Waals surface area contributed by atoms with Gasteiger partial charge in [0.1, 0.15) is 19.0 Å². The smallest absolute Gasteiger partial charge is 0.242 e. The molecule has 0 aliphatic carbocycles. The molecule has 4 rings (SSSR count). The number of carbonyl (C=O) groups is 1. The molecule has 10 heteroatoms. The maximum absolute atomic E-state index is 12.5. The number of benzene rings is 2. The fourth-order valence-corrected chi connectivity index (χ4v) is 4.78. The van der Waals surface area contributed by atoms with E-state index in [4.69, 9.17) is 9.47 Å². The Kier molecular flexibility index (Phi) is 6.57. The molecule has 1 aliphatic rings. The number of fused-ring (bicyclic) bond motifs is 2. The number of hydrogen-bond donors (Lipinski definition) is 1. The zero-order chi connectivity index (χ0) is 23.6. The molecule has 1 N–H and O–H groups in total. The number of amides is 1. The first-order valence-electron chi connectivity index (χ1n) is 10.9. The second kappa shape index (κ2) is 9.40. The first kappa shape index (κ1) is 23.1. The summed E-state index contributed by atoms with van der Waals surface area (Å²) in [6.07, 6.45) is 0.704. The summed E-state index contributed by atoms with van der Waals surface area (Å²) in [7, 11) is -0.547. The lowest BCUT2D eigenvalue weighted by Crippen LogP contribution is -2.25. The van der Waals surface area contributed by atoms with Crippen molar-refractivity contribution in [3.63, 3.8) is 0 Å². The monoisotopic (exact) mass is 472 g/mol. The summed E-state index contributed by atoms with van der Waals surface area (Å²) >= 11 is 0. The normalized spacial score (nSPS) is 13.5. The van der Waals surface area contributed by atoms with E-state index in [1.165, 1.54) is 18.4 Å². The highest BCUT2D eigenvalue weighted by molar-refractivity contribution is 7.89. The maximum Gasteiger partial charge on any atom is 0.242 e. The Labute approximate surface area is 193 Å². The van der Waals surface area contributed by atoms with E-state index in [2.05, 4.69) is 10.3 Å². The van der Waals surface area contributed by atoms with Crippen LogP contribution in [0.4, 0.5) is 0 Å². The highest BCUT2D eigenvalue weighted by Gasteiger charge is 2.20. The Morgan fingerprint density at radius 2 is 1.97 bits per heavy atom. The summed E-state index contributed by atoms with van der Waals surface area (Å²) in [4.78, 5) is 17.4. The van der Waals surface area contributed by atoms with Gasteiger partial charge < -0.3 is 19.4 Å². The van der Waals surface area contributed by atoms with Gasteiger partial charge in [-0.05, 0) is 31.2 Å². The number of aryl methyl sites for hydroxylation is 2. The van der Waals surface area contributed by atoms with Gasteiger partial charge in [0.15, 0.2) is 11.5 Å². The molecule has 9 nitrogen and oxygen atoms in total. The Bertz CT molecular complexity index is 1280. The Morgan fingerprint density at radius 3 is 2.73 bits per heavy atom. The van der Waals surface area contributed by atoms with Crippen LogP contribution in [0.15, 0.2) is 41.3 Å². The van der Waals surface area contributed by atoms with Crippen LogP contribution in [-0.4, -0.2) is 55.5 Å². The van der Waals surface area contributed by atoms with Crippen LogP contribution in [-0.2, 0) is 34.3 Å². The number of nitrogens with one attached hydrogen (secondary N) is 1. The molecule has 1 aliphatic heterocycles. The summed E-state index contributed by atoms with van der Waals surface area (Å²) in [5, 5.41) is 2.94. The minimum absolute atomic E-state index is 0.102. The molecule has 0 bridgehead atoms. The molecule has 1 amide bonds. The highest BCUT2D eigenvalue weighted by Crippen LogP contribution is 2.33. The summed E-state index contributed by atoms with van der Waals surface area (Å²) in [6, 6.07) is 10.6. The van der Waals surface area contributed by atoms with Crippen molar-refractivity contribution in [1.82, 2.24) is 19.2 Å². The molecule has 0 fully saturated rings. The lowest BCUT2D eigenvalue weighted by molar-refractivity contribution is -0.121. The Hall–Kier alpha value is -3.11. The van der Waals surface area contributed by atoms with Crippen LogP contribution < -0.4 is 14.8 Å². The van der Waals surface area contributed by atoms with Crippen LogP contribution >= 0.6 is 0 Å². The van der Waals surface area contributed by atoms with Crippen molar-refractivity contribution in [2.45, 2.75) is 37.8 Å². The van der Waals surface area contributed by atoms with E-state index < -0.39 is 10.0 Å². The lowest BCUT2D eigenvalue weighted by atomic mass is 10.1. The molecule has 0 saturated heterocycles. The van der Waals surface area contributed by atoms with Gasteiger partial charge >= 0.3 is 0 Å². The van der Waals surface area contributed by atoms with Gasteiger partial charge in [0.2, 0.25) is 15.9 Å². The largest absolute Gasteiger partial charge is 0.486 e. The van der Waals surface area contributed by atoms with E-state index in [9.17, 15) is 13.2 Å². The molecular formula is C23H28N4O5S. The number of rotatable bonds is 8. The number of aromatic nitrogens is 2. The quantitative estimate of drug-likeness (QED) is 0.540. The van der Waals surface area contributed by atoms with Crippen molar-refractivity contribution < 1.29 is 22.7 Å². The van der Waals surface area contributed by atoms with E-state index in [0.29, 0.717) is 49.7 Å². The molecule has 1 aromatic heterocycles. The molecule has 176 valence electrons. The second-order valence-corrected chi connectivity index (χ2v) is 10.1. The first-order valence-corrected chi connectivity index (χ1v) is 12.3. The third-order valence-corrected chi connectivity index (χ3v) is 7.40. The molecule has 0 unspecified atom stereocenters. The molecule has 0 spiro atoms. The zero-order valence-corrected chi connectivity index (χ0v) is 19.8. The summed E-state index contributed by atoms with van der Waals surface area (Å²) in [5.74, 6) is 2.02. The van der Waals surface area contributed by atoms with Crippen molar-refractivity contribution >= 4 is 27.0 Å². The van der Waals surface area contributed by atoms with Crippen molar-refractivity contribution in [2.75, 3.05) is 27.3 Å². The van der Waals surface area contributed by atoms with Crippen LogP contribution in [0.2, 0.25) is 0 Å². The molecular weight excluding hydrogens is 444 g/mol.